The molecule has 6 nitrogen and oxygen atoms in total. The number of carbonyl (C=O) groups is 2. The maximum atomic E-state index is 12.1. The second-order valence-corrected chi connectivity index (χ2v) is 7.01. The lowest BCUT2D eigenvalue weighted by Crippen LogP contribution is -2.36. The van der Waals surface area contributed by atoms with E-state index in [0.717, 1.165) is 51.8 Å². The van der Waals surface area contributed by atoms with Gasteiger partial charge in [-0.05, 0) is 31.2 Å². The first-order valence-corrected chi connectivity index (χ1v) is 8.19. The molecule has 0 aromatic heterocycles. The van der Waals surface area contributed by atoms with Crippen molar-refractivity contribution < 1.29 is 24.2 Å². The normalized spacial score (nSPS) is 17.1. The van der Waals surface area contributed by atoms with Crippen molar-refractivity contribution >= 4 is 11.9 Å². The molecule has 1 aliphatic rings. The molecule has 132 valence electrons. The standard InChI is InChI=1S/C17H29NO5/c1-17(2,3)6-10-23-16(21)14(13-15(19)20)5-4-7-18-8-11-22-12-9-18/h13H,4-12H2,1-3H3,(H,19,20)/b14-13+. The van der Waals surface area contributed by atoms with E-state index in [2.05, 4.69) is 25.7 Å². The third-order valence-electron chi connectivity index (χ3n) is 3.67. The molecule has 1 heterocycles. The molecule has 0 saturated carbocycles. The molecule has 0 radical (unpaired) electrons. The third kappa shape index (κ3) is 9.36. The Morgan fingerprint density at radius 2 is 1.91 bits per heavy atom. The zero-order chi connectivity index (χ0) is 17.3. The van der Waals surface area contributed by atoms with Crippen LogP contribution in [0.3, 0.4) is 0 Å². The zero-order valence-corrected chi connectivity index (χ0v) is 14.5. The summed E-state index contributed by atoms with van der Waals surface area (Å²) in [6.45, 7) is 10.6. The highest BCUT2D eigenvalue weighted by Gasteiger charge is 2.17. The summed E-state index contributed by atoms with van der Waals surface area (Å²) in [7, 11) is 0. The number of aliphatic carboxylic acids is 1. The van der Waals surface area contributed by atoms with E-state index >= 15 is 0 Å². The van der Waals surface area contributed by atoms with Crippen molar-refractivity contribution in [1.29, 1.82) is 0 Å². The van der Waals surface area contributed by atoms with E-state index in [4.69, 9.17) is 14.6 Å². The van der Waals surface area contributed by atoms with Crippen LogP contribution >= 0.6 is 0 Å². The van der Waals surface area contributed by atoms with Gasteiger partial charge in [0.15, 0.2) is 0 Å². The first kappa shape index (κ1) is 19.6. The summed E-state index contributed by atoms with van der Waals surface area (Å²) in [4.78, 5) is 25.2. The van der Waals surface area contributed by atoms with Crippen LogP contribution in [-0.4, -0.2) is 61.4 Å². The minimum atomic E-state index is -1.11. The van der Waals surface area contributed by atoms with Gasteiger partial charge >= 0.3 is 11.9 Å². The number of ether oxygens (including phenoxy) is 2. The molecule has 0 bridgehead atoms. The number of hydrogen-bond donors (Lipinski definition) is 1. The summed E-state index contributed by atoms with van der Waals surface area (Å²) >= 11 is 0. The van der Waals surface area contributed by atoms with Crippen LogP contribution in [0.25, 0.3) is 0 Å². The van der Waals surface area contributed by atoms with Gasteiger partial charge in [-0.3, -0.25) is 4.90 Å². The second kappa shape index (κ2) is 9.67. The van der Waals surface area contributed by atoms with E-state index in [9.17, 15) is 9.59 Å². The summed E-state index contributed by atoms with van der Waals surface area (Å²) in [5, 5.41) is 8.92. The van der Waals surface area contributed by atoms with Crippen molar-refractivity contribution in [3.05, 3.63) is 11.6 Å². The Bertz CT molecular complexity index is 419. The topological polar surface area (TPSA) is 76.1 Å². The number of rotatable bonds is 8. The third-order valence-corrected chi connectivity index (χ3v) is 3.67. The summed E-state index contributed by atoms with van der Waals surface area (Å²) < 4.78 is 10.5. The Hall–Kier alpha value is -1.40. The first-order chi connectivity index (χ1) is 10.8. The van der Waals surface area contributed by atoms with Gasteiger partial charge in [-0.1, -0.05) is 20.8 Å². The number of morpholine rings is 1. The summed E-state index contributed by atoms with van der Waals surface area (Å²) in [5.41, 5.74) is 0.312. The van der Waals surface area contributed by atoms with Crippen LogP contribution in [0, 0.1) is 5.41 Å². The van der Waals surface area contributed by atoms with E-state index < -0.39 is 11.9 Å². The molecule has 0 aliphatic carbocycles. The van der Waals surface area contributed by atoms with Gasteiger partial charge in [0.25, 0.3) is 0 Å². The highest BCUT2D eigenvalue weighted by atomic mass is 16.5. The van der Waals surface area contributed by atoms with Crippen LogP contribution in [0.5, 0.6) is 0 Å². The number of nitrogens with zero attached hydrogens (tertiary/aromatic N) is 1. The average molecular weight is 327 g/mol. The molecular weight excluding hydrogens is 298 g/mol. The first-order valence-electron chi connectivity index (χ1n) is 8.19. The Labute approximate surface area is 138 Å². The number of carboxylic acids is 1. The lowest BCUT2D eigenvalue weighted by Gasteiger charge is -2.26. The SMILES string of the molecule is CC(C)(C)CCOC(=O)/C(=C/C(=O)O)CCCN1CCOCC1. The lowest BCUT2D eigenvalue weighted by molar-refractivity contribution is -0.140. The number of hydrogen-bond acceptors (Lipinski definition) is 5. The molecule has 1 saturated heterocycles. The number of carbonyl (C=O) groups excluding carboxylic acids is 1. The smallest absolute Gasteiger partial charge is 0.334 e. The molecule has 1 N–H and O–H groups in total. The van der Waals surface area contributed by atoms with Crippen molar-refractivity contribution in [2.45, 2.75) is 40.0 Å². The van der Waals surface area contributed by atoms with Gasteiger partial charge in [0.1, 0.15) is 0 Å². The van der Waals surface area contributed by atoms with Crippen LogP contribution in [-0.2, 0) is 19.1 Å². The van der Waals surface area contributed by atoms with Crippen LogP contribution < -0.4 is 0 Å². The fraction of sp³-hybridized carbons (Fsp3) is 0.765. The fourth-order valence-corrected chi connectivity index (χ4v) is 2.24. The van der Waals surface area contributed by atoms with Gasteiger partial charge in [0.05, 0.1) is 19.8 Å². The molecule has 0 unspecified atom stereocenters. The Balaban J connectivity index is 2.42. The maximum Gasteiger partial charge on any atom is 0.334 e. The molecule has 0 spiro atoms. The summed E-state index contributed by atoms with van der Waals surface area (Å²) in [6.07, 6.45) is 2.86. The van der Waals surface area contributed by atoms with Gasteiger partial charge in [-0.15, -0.1) is 0 Å². The maximum absolute atomic E-state index is 12.1. The van der Waals surface area contributed by atoms with Crippen LogP contribution in [0.4, 0.5) is 0 Å². The predicted molar refractivity (Wildman–Crippen MR) is 87.2 cm³/mol. The minimum Gasteiger partial charge on any atom is -0.478 e. The fourth-order valence-electron chi connectivity index (χ4n) is 2.24. The Kier molecular flexibility index (Phi) is 8.26. The number of esters is 1. The van der Waals surface area contributed by atoms with E-state index in [1.807, 2.05) is 0 Å². The molecule has 23 heavy (non-hydrogen) atoms. The molecule has 1 rings (SSSR count). The average Bonchev–Trinajstić information content (AvgIpc) is 2.45. The van der Waals surface area contributed by atoms with E-state index in [-0.39, 0.29) is 11.0 Å². The molecule has 0 aromatic rings. The molecule has 0 amide bonds. The molecule has 0 atom stereocenters. The zero-order valence-electron chi connectivity index (χ0n) is 14.5. The monoisotopic (exact) mass is 327 g/mol. The summed E-state index contributed by atoms with van der Waals surface area (Å²) in [5.74, 6) is -1.63. The highest BCUT2D eigenvalue weighted by Crippen LogP contribution is 2.18. The van der Waals surface area contributed by atoms with Gasteiger partial charge in [0.2, 0.25) is 0 Å². The quantitative estimate of drug-likeness (QED) is 0.543. The van der Waals surface area contributed by atoms with Crippen LogP contribution in [0.1, 0.15) is 40.0 Å². The van der Waals surface area contributed by atoms with Gasteiger partial charge in [-0.25, -0.2) is 9.59 Å². The largest absolute Gasteiger partial charge is 0.478 e. The van der Waals surface area contributed by atoms with Crippen LogP contribution in [0.2, 0.25) is 0 Å². The molecule has 6 heteroatoms. The van der Waals surface area contributed by atoms with Crippen molar-refractivity contribution in [3.8, 4) is 0 Å². The van der Waals surface area contributed by atoms with Crippen LogP contribution in [0.15, 0.2) is 11.6 Å². The molecule has 1 aliphatic heterocycles. The second-order valence-electron chi connectivity index (χ2n) is 7.01. The van der Waals surface area contributed by atoms with E-state index in [1.54, 1.807) is 0 Å². The Morgan fingerprint density at radius 1 is 1.26 bits per heavy atom. The molecule has 1 fully saturated rings. The lowest BCUT2D eigenvalue weighted by atomic mass is 9.93. The van der Waals surface area contributed by atoms with Crippen molar-refractivity contribution in [2.75, 3.05) is 39.5 Å². The van der Waals surface area contributed by atoms with Crippen molar-refractivity contribution in [3.63, 3.8) is 0 Å². The Morgan fingerprint density at radius 3 is 2.48 bits per heavy atom. The van der Waals surface area contributed by atoms with Crippen molar-refractivity contribution in [1.82, 2.24) is 4.90 Å². The summed E-state index contributed by atoms with van der Waals surface area (Å²) in [6, 6.07) is 0. The highest BCUT2D eigenvalue weighted by molar-refractivity contribution is 5.95. The van der Waals surface area contributed by atoms with Gasteiger partial charge in [-0.2, -0.15) is 0 Å². The molecule has 0 aromatic carbocycles. The van der Waals surface area contributed by atoms with Gasteiger partial charge in [0, 0.05) is 24.7 Å². The van der Waals surface area contributed by atoms with Gasteiger partial charge < -0.3 is 14.6 Å². The van der Waals surface area contributed by atoms with E-state index in [0.29, 0.717) is 13.0 Å². The molecular formula is C17H29NO5. The minimum absolute atomic E-state index is 0.0767. The van der Waals surface area contributed by atoms with E-state index in [1.165, 1.54) is 0 Å². The number of carboxylic acid groups (broad SMARTS) is 1. The predicted octanol–water partition coefficient (Wildman–Crippen LogP) is 2.09. The van der Waals surface area contributed by atoms with Crippen molar-refractivity contribution in [2.24, 2.45) is 5.41 Å².